The molecule has 0 amide bonds. The molecule has 1 rings (SSSR count). The molecule has 0 atom stereocenters. The normalized spacial score (nSPS) is 17.3. The van der Waals surface area contributed by atoms with Crippen molar-refractivity contribution in [3.8, 4) is 11.5 Å². The van der Waals surface area contributed by atoms with Gasteiger partial charge < -0.3 is 0 Å². The number of Topliss-reactive ketones (excluding diaryl/α,β-unsaturated/α-hetero) is 1. The maximum Gasteiger partial charge on any atom is 0.136 e. The minimum absolute atomic E-state index is 0.374. The molecule has 0 saturated heterocycles. The summed E-state index contributed by atoms with van der Waals surface area (Å²) in [6.45, 7) is 6.70. The van der Waals surface area contributed by atoms with Gasteiger partial charge in [0.15, 0.2) is 0 Å². The smallest absolute Gasteiger partial charge is 0.136 e. The molecule has 0 heterocycles. The van der Waals surface area contributed by atoms with E-state index in [1.807, 2.05) is 0 Å². The average Bonchev–Trinajstić information content (AvgIpc) is 2.63. The maximum absolute atomic E-state index is 11.7. The van der Waals surface area contributed by atoms with Crippen molar-refractivity contribution in [3.05, 3.63) is 0 Å². The number of hydrogen-bond donors (Lipinski definition) is 0. The minimum atomic E-state index is -1.23. The van der Waals surface area contributed by atoms with Crippen LogP contribution >= 0.6 is 0 Å². The Balaban J connectivity index is 2.24. The van der Waals surface area contributed by atoms with Crippen LogP contribution in [0.1, 0.15) is 38.5 Å². The summed E-state index contributed by atoms with van der Waals surface area (Å²) >= 11 is 0. The Morgan fingerprint density at radius 1 is 1.27 bits per heavy atom. The lowest BCUT2D eigenvalue weighted by molar-refractivity contribution is -0.122. The van der Waals surface area contributed by atoms with Gasteiger partial charge in [-0.25, -0.2) is 0 Å². The van der Waals surface area contributed by atoms with Gasteiger partial charge in [-0.2, -0.15) is 0 Å². The highest BCUT2D eigenvalue weighted by Gasteiger charge is 2.21. The van der Waals surface area contributed by atoms with Crippen LogP contribution in [0, 0.1) is 17.4 Å². The van der Waals surface area contributed by atoms with E-state index < -0.39 is 8.07 Å². The van der Waals surface area contributed by atoms with E-state index in [-0.39, 0.29) is 0 Å². The SMILES string of the molecule is C[Si](C)(C)C#CCCC(=O)C1CCCC1. The monoisotopic (exact) mass is 222 g/mol. The summed E-state index contributed by atoms with van der Waals surface area (Å²) in [6, 6.07) is 0. The summed E-state index contributed by atoms with van der Waals surface area (Å²) in [5.74, 6) is 4.00. The van der Waals surface area contributed by atoms with Crippen molar-refractivity contribution in [1.29, 1.82) is 0 Å². The summed E-state index contributed by atoms with van der Waals surface area (Å²) in [6.07, 6.45) is 6.20. The summed E-state index contributed by atoms with van der Waals surface area (Å²) in [5.41, 5.74) is 3.30. The molecule has 2 heteroatoms. The quantitative estimate of drug-likeness (QED) is 0.528. The lowest BCUT2D eigenvalue weighted by atomic mass is 9.99. The first kappa shape index (κ1) is 12.5. The van der Waals surface area contributed by atoms with Gasteiger partial charge in [0.25, 0.3) is 0 Å². The van der Waals surface area contributed by atoms with Crippen LogP contribution in [0.25, 0.3) is 0 Å². The van der Waals surface area contributed by atoms with Gasteiger partial charge in [-0.15, -0.1) is 11.5 Å². The standard InChI is InChI=1S/C13H22OSi/c1-15(2,3)11-7-6-10-13(14)12-8-4-5-9-12/h12H,4-6,8-10H2,1-3H3. The van der Waals surface area contributed by atoms with Crippen molar-refractivity contribution in [3.63, 3.8) is 0 Å². The van der Waals surface area contributed by atoms with E-state index in [1.54, 1.807) is 0 Å². The van der Waals surface area contributed by atoms with Gasteiger partial charge in [-0.1, -0.05) is 32.5 Å². The molecule has 0 spiro atoms. The average molecular weight is 222 g/mol. The fraction of sp³-hybridized carbons (Fsp3) is 0.769. The van der Waals surface area contributed by atoms with Crippen molar-refractivity contribution in [2.75, 3.05) is 0 Å². The Labute approximate surface area is 94.7 Å². The van der Waals surface area contributed by atoms with Crippen LogP contribution in [0.2, 0.25) is 19.6 Å². The van der Waals surface area contributed by atoms with E-state index in [2.05, 4.69) is 31.1 Å². The van der Waals surface area contributed by atoms with E-state index in [1.165, 1.54) is 12.8 Å². The zero-order valence-corrected chi connectivity index (χ0v) is 11.2. The minimum Gasteiger partial charge on any atom is -0.299 e. The second-order valence-corrected chi connectivity index (χ2v) is 10.2. The highest BCUT2D eigenvalue weighted by molar-refractivity contribution is 6.83. The third-order valence-corrected chi connectivity index (χ3v) is 3.70. The van der Waals surface area contributed by atoms with Crippen LogP contribution in [-0.4, -0.2) is 13.9 Å². The highest BCUT2D eigenvalue weighted by Crippen LogP contribution is 2.26. The Hall–Kier alpha value is -0.553. The largest absolute Gasteiger partial charge is 0.299 e. The lowest BCUT2D eigenvalue weighted by Gasteiger charge is -2.06. The molecule has 84 valence electrons. The van der Waals surface area contributed by atoms with Crippen LogP contribution < -0.4 is 0 Å². The molecule has 0 aliphatic heterocycles. The summed E-state index contributed by atoms with van der Waals surface area (Å²) < 4.78 is 0. The van der Waals surface area contributed by atoms with Crippen molar-refractivity contribution < 1.29 is 4.79 Å². The third-order valence-electron chi connectivity index (χ3n) is 2.77. The molecule has 1 aliphatic carbocycles. The molecular formula is C13H22OSi. The Bertz CT molecular complexity index is 271. The maximum atomic E-state index is 11.7. The topological polar surface area (TPSA) is 17.1 Å². The Morgan fingerprint density at radius 2 is 1.87 bits per heavy atom. The summed E-state index contributed by atoms with van der Waals surface area (Å²) in [7, 11) is -1.23. The van der Waals surface area contributed by atoms with E-state index in [0.29, 0.717) is 18.1 Å². The predicted molar refractivity (Wildman–Crippen MR) is 67.3 cm³/mol. The Kier molecular flexibility index (Phi) is 4.60. The fourth-order valence-electron chi connectivity index (χ4n) is 1.97. The molecule has 1 nitrogen and oxygen atoms in total. The van der Waals surface area contributed by atoms with E-state index in [4.69, 9.17) is 0 Å². The highest BCUT2D eigenvalue weighted by atomic mass is 28.3. The molecule has 1 saturated carbocycles. The molecule has 0 unspecified atom stereocenters. The zero-order chi connectivity index (χ0) is 11.3. The van der Waals surface area contributed by atoms with Crippen molar-refractivity contribution in [2.24, 2.45) is 5.92 Å². The number of ketones is 1. The van der Waals surface area contributed by atoms with Crippen molar-refractivity contribution in [1.82, 2.24) is 0 Å². The predicted octanol–water partition coefficient (Wildman–Crippen LogP) is 3.41. The van der Waals surface area contributed by atoms with Gasteiger partial charge in [0, 0.05) is 18.8 Å². The first-order valence-electron chi connectivity index (χ1n) is 6.02. The molecular weight excluding hydrogens is 200 g/mol. The van der Waals surface area contributed by atoms with Gasteiger partial charge in [-0.05, 0) is 12.8 Å². The van der Waals surface area contributed by atoms with Crippen LogP contribution in [0.5, 0.6) is 0 Å². The molecule has 1 aliphatic rings. The van der Waals surface area contributed by atoms with Crippen molar-refractivity contribution in [2.45, 2.75) is 58.2 Å². The van der Waals surface area contributed by atoms with Crippen LogP contribution in [0.3, 0.4) is 0 Å². The van der Waals surface area contributed by atoms with E-state index >= 15 is 0 Å². The van der Waals surface area contributed by atoms with Gasteiger partial charge in [-0.3, -0.25) is 4.79 Å². The van der Waals surface area contributed by atoms with Crippen LogP contribution in [0.4, 0.5) is 0 Å². The number of carbonyl (C=O) groups excluding carboxylic acids is 1. The Morgan fingerprint density at radius 3 is 2.40 bits per heavy atom. The molecule has 0 N–H and O–H groups in total. The number of carbonyl (C=O) groups is 1. The second kappa shape index (κ2) is 5.51. The summed E-state index contributed by atoms with van der Waals surface area (Å²) in [5, 5.41) is 0. The van der Waals surface area contributed by atoms with Gasteiger partial charge in [0.2, 0.25) is 0 Å². The van der Waals surface area contributed by atoms with Gasteiger partial charge in [0.05, 0.1) is 0 Å². The summed E-state index contributed by atoms with van der Waals surface area (Å²) in [4.78, 5) is 11.7. The third kappa shape index (κ3) is 5.18. The molecule has 0 aromatic heterocycles. The van der Waals surface area contributed by atoms with Gasteiger partial charge >= 0.3 is 0 Å². The van der Waals surface area contributed by atoms with Gasteiger partial charge in [0.1, 0.15) is 13.9 Å². The molecule has 0 radical (unpaired) electrons. The first-order chi connectivity index (χ1) is 6.99. The number of hydrogen-bond acceptors (Lipinski definition) is 1. The van der Waals surface area contributed by atoms with E-state index in [9.17, 15) is 4.79 Å². The zero-order valence-electron chi connectivity index (χ0n) is 10.2. The van der Waals surface area contributed by atoms with Crippen LogP contribution in [-0.2, 0) is 4.79 Å². The van der Waals surface area contributed by atoms with Crippen LogP contribution in [0.15, 0.2) is 0 Å². The molecule has 0 aromatic carbocycles. The van der Waals surface area contributed by atoms with Crippen molar-refractivity contribution >= 4 is 13.9 Å². The molecule has 0 bridgehead atoms. The fourth-order valence-corrected chi connectivity index (χ4v) is 2.62. The second-order valence-electron chi connectivity index (χ2n) is 5.50. The molecule has 15 heavy (non-hydrogen) atoms. The first-order valence-corrected chi connectivity index (χ1v) is 9.52. The van der Waals surface area contributed by atoms with E-state index in [0.717, 1.165) is 19.3 Å². The molecule has 0 aromatic rings. The lowest BCUT2D eigenvalue weighted by Crippen LogP contribution is -2.16. The molecule has 1 fully saturated rings. The number of rotatable bonds is 3.